The number of aromatic nitrogens is 2. The van der Waals surface area contributed by atoms with Crippen LogP contribution in [0.5, 0.6) is 5.75 Å². The Morgan fingerprint density at radius 2 is 1.48 bits per heavy atom. The summed E-state index contributed by atoms with van der Waals surface area (Å²) in [5.41, 5.74) is 5.92. The molecule has 199 valence electrons. The number of nitrogens with zero attached hydrogens (tertiary/aromatic N) is 2. The summed E-state index contributed by atoms with van der Waals surface area (Å²) in [6.07, 6.45) is 3.52. The molecule has 3 nitrogen and oxygen atoms in total. The van der Waals surface area contributed by atoms with Crippen LogP contribution in [-0.2, 0) is 20.1 Å². The molecule has 3 heterocycles. The number of rotatable bonds is 2. The number of fused-ring (bicyclic) bond motifs is 5. The SMILES string of the molecule is C[Si]1(C)Oc2c(-c3ccccn3)[c-]ccc2-c2c1ccc1ccccc21.Fc1c[c-]c(-c2ccccn2)cc1.[Ir]. The first-order valence-corrected chi connectivity index (χ1v) is 15.7. The van der Waals surface area contributed by atoms with Crippen molar-refractivity contribution in [3.8, 4) is 39.4 Å². The molecule has 1 aliphatic rings. The molecular formula is C34H25FIrN2OSi-2. The Morgan fingerprint density at radius 1 is 0.750 bits per heavy atom. The van der Waals surface area contributed by atoms with E-state index in [-0.39, 0.29) is 25.9 Å². The summed E-state index contributed by atoms with van der Waals surface area (Å²) in [6, 6.07) is 39.3. The summed E-state index contributed by atoms with van der Waals surface area (Å²) in [7, 11) is -2.09. The molecule has 0 N–H and O–H groups in total. The van der Waals surface area contributed by atoms with Crippen LogP contribution in [0.2, 0.25) is 13.1 Å². The van der Waals surface area contributed by atoms with E-state index in [1.54, 1.807) is 12.3 Å². The second-order valence-corrected chi connectivity index (χ2v) is 13.5. The van der Waals surface area contributed by atoms with E-state index in [9.17, 15) is 4.39 Å². The van der Waals surface area contributed by atoms with E-state index in [4.69, 9.17) is 4.43 Å². The van der Waals surface area contributed by atoms with Gasteiger partial charge in [0, 0.05) is 44.1 Å². The number of hydrogen-bond acceptors (Lipinski definition) is 3. The second-order valence-electron chi connectivity index (χ2n) is 9.77. The fourth-order valence-corrected chi connectivity index (χ4v) is 7.14. The largest absolute Gasteiger partial charge is 0.583 e. The normalized spacial score (nSPS) is 12.6. The number of hydrogen-bond donors (Lipinski definition) is 0. The van der Waals surface area contributed by atoms with E-state index in [1.807, 2.05) is 48.7 Å². The first-order valence-electron chi connectivity index (χ1n) is 12.8. The molecule has 1 aliphatic heterocycles. The van der Waals surface area contributed by atoms with Gasteiger partial charge >= 0.3 is 0 Å². The third-order valence-electron chi connectivity index (χ3n) is 6.79. The Hall–Kier alpha value is -3.96. The first-order chi connectivity index (χ1) is 19.0. The van der Waals surface area contributed by atoms with Gasteiger partial charge in [-0.25, -0.2) is 0 Å². The molecule has 6 aromatic rings. The van der Waals surface area contributed by atoms with Gasteiger partial charge in [-0.3, -0.25) is 4.39 Å². The van der Waals surface area contributed by atoms with E-state index in [0.717, 1.165) is 33.8 Å². The molecule has 0 spiro atoms. The minimum atomic E-state index is -2.09. The monoisotopic (exact) mass is 717 g/mol. The van der Waals surface area contributed by atoms with E-state index >= 15 is 0 Å². The molecule has 1 radical (unpaired) electrons. The van der Waals surface area contributed by atoms with Gasteiger partial charge in [0.1, 0.15) is 0 Å². The van der Waals surface area contributed by atoms with Crippen molar-refractivity contribution in [2.24, 2.45) is 0 Å². The van der Waals surface area contributed by atoms with Gasteiger partial charge in [0.2, 0.25) is 0 Å². The van der Waals surface area contributed by atoms with Crippen molar-refractivity contribution in [3.05, 3.63) is 133 Å². The third-order valence-corrected chi connectivity index (χ3v) is 9.22. The predicted octanol–water partition coefficient (Wildman–Crippen LogP) is 7.86. The van der Waals surface area contributed by atoms with Gasteiger partial charge in [-0.2, -0.15) is 0 Å². The van der Waals surface area contributed by atoms with Crippen molar-refractivity contribution in [1.29, 1.82) is 0 Å². The van der Waals surface area contributed by atoms with Gasteiger partial charge in [0.05, 0.1) is 0 Å². The molecule has 0 saturated carbocycles. The van der Waals surface area contributed by atoms with E-state index < -0.39 is 8.32 Å². The van der Waals surface area contributed by atoms with Crippen LogP contribution in [0.4, 0.5) is 4.39 Å². The fourth-order valence-electron chi connectivity index (χ4n) is 4.95. The summed E-state index contributed by atoms with van der Waals surface area (Å²) in [6.45, 7) is 4.53. The van der Waals surface area contributed by atoms with E-state index in [1.165, 1.54) is 33.7 Å². The molecule has 0 unspecified atom stereocenters. The summed E-state index contributed by atoms with van der Waals surface area (Å²) in [5, 5.41) is 3.89. The van der Waals surface area contributed by atoms with Crippen LogP contribution in [-0.4, -0.2) is 18.3 Å². The molecule has 0 bridgehead atoms. The van der Waals surface area contributed by atoms with Crippen LogP contribution in [0.15, 0.2) is 116 Å². The third kappa shape index (κ3) is 5.39. The zero-order chi connectivity index (χ0) is 26.8. The topological polar surface area (TPSA) is 35.0 Å². The van der Waals surface area contributed by atoms with Crippen molar-refractivity contribution in [3.63, 3.8) is 0 Å². The van der Waals surface area contributed by atoms with Crippen LogP contribution in [0.1, 0.15) is 0 Å². The van der Waals surface area contributed by atoms with Crippen molar-refractivity contribution in [1.82, 2.24) is 9.97 Å². The van der Waals surface area contributed by atoms with Crippen LogP contribution in [0.25, 0.3) is 44.4 Å². The van der Waals surface area contributed by atoms with Crippen LogP contribution >= 0.6 is 0 Å². The summed E-state index contributed by atoms with van der Waals surface area (Å²) in [5.74, 6) is 0.645. The van der Waals surface area contributed by atoms with Gasteiger partial charge in [0.25, 0.3) is 8.32 Å². The van der Waals surface area contributed by atoms with Crippen LogP contribution in [0.3, 0.4) is 0 Å². The number of pyridine rings is 2. The Bertz CT molecular complexity index is 1760. The van der Waals surface area contributed by atoms with Crippen molar-refractivity contribution in [2.75, 3.05) is 0 Å². The Balaban J connectivity index is 0.000000195. The van der Waals surface area contributed by atoms with Crippen LogP contribution < -0.4 is 9.61 Å². The number of benzene rings is 4. The molecule has 2 aromatic heterocycles. The molecule has 6 heteroatoms. The standard InChI is InChI=1S/C23H18NOSi.C11H7FN.Ir/c1-26(2)21-14-13-16-8-3-4-9-17(16)22(21)19-11-7-10-18(23(19)25-26)20-12-5-6-15-24-20;12-10-6-4-9(5-7-10)11-3-1-2-8-13-11;/h3-9,11-15H,1-2H3;1-4,6-8H;/q2*-1;. The van der Waals surface area contributed by atoms with Crippen LogP contribution in [0, 0.1) is 17.9 Å². The molecule has 0 amide bonds. The maximum atomic E-state index is 12.6. The first kappa shape index (κ1) is 27.6. The summed E-state index contributed by atoms with van der Waals surface area (Å²) < 4.78 is 19.2. The quantitative estimate of drug-likeness (QED) is 0.135. The average molecular weight is 717 g/mol. The Morgan fingerprint density at radius 3 is 2.17 bits per heavy atom. The molecule has 7 rings (SSSR count). The minimum absolute atomic E-state index is 0. The maximum absolute atomic E-state index is 12.6. The van der Waals surface area contributed by atoms with Gasteiger partial charge in [-0.05, 0) is 58.1 Å². The molecule has 0 saturated heterocycles. The smallest absolute Gasteiger partial charge is 0.264 e. The Labute approximate surface area is 248 Å². The summed E-state index contributed by atoms with van der Waals surface area (Å²) in [4.78, 5) is 8.65. The van der Waals surface area contributed by atoms with Gasteiger partial charge in [-0.1, -0.05) is 71.8 Å². The zero-order valence-electron chi connectivity index (χ0n) is 22.0. The molecule has 0 aliphatic carbocycles. The predicted molar refractivity (Wildman–Crippen MR) is 158 cm³/mol. The summed E-state index contributed by atoms with van der Waals surface area (Å²) >= 11 is 0. The average Bonchev–Trinajstić information content (AvgIpc) is 2.98. The van der Waals surface area contributed by atoms with Crippen molar-refractivity contribution >= 4 is 24.3 Å². The molecule has 40 heavy (non-hydrogen) atoms. The fraction of sp³-hybridized carbons (Fsp3) is 0.0588. The van der Waals surface area contributed by atoms with Crippen molar-refractivity contribution in [2.45, 2.75) is 13.1 Å². The molecule has 4 aromatic carbocycles. The maximum Gasteiger partial charge on any atom is 0.264 e. The molecule has 0 atom stereocenters. The zero-order valence-corrected chi connectivity index (χ0v) is 25.4. The van der Waals surface area contributed by atoms with Crippen molar-refractivity contribution < 1.29 is 28.9 Å². The van der Waals surface area contributed by atoms with Gasteiger partial charge in [0.15, 0.2) is 0 Å². The Kier molecular flexibility index (Phi) is 8.03. The molecular weight excluding hydrogens is 692 g/mol. The van der Waals surface area contributed by atoms with E-state index in [0.29, 0.717) is 0 Å². The number of halogens is 1. The van der Waals surface area contributed by atoms with E-state index in [2.05, 4.69) is 77.7 Å². The minimum Gasteiger partial charge on any atom is -0.583 e. The second kappa shape index (κ2) is 11.6. The van der Waals surface area contributed by atoms with Gasteiger partial charge in [-0.15, -0.1) is 48.0 Å². The van der Waals surface area contributed by atoms with Gasteiger partial charge < -0.3 is 14.4 Å². The molecule has 0 fully saturated rings.